The van der Waals surface area contributed by atoms with Gasteiger partial charge in [0.2, 0.25) is 0 Å². The highest BCUT2D eigenvalue weighted by Crippen LogP contribution is 2.53. The molecule has 2 fully saturated rings. The fraction of sp³-hybridized carbons (Fsp3) is 0.700. The van der Waals surface area contributed by atoms with E-state index in [4.69, 9.17) is 4.74 Å². The first-order chi connectivity index (χ1) is 12.8. The van der Waals surface area contributed by atoms with Gasteiger partial charge >= 0.3 is 12.1 Å². The van der Waals surface area contributed by atoms with Crippen molar-refractivity contribution in [2.24, 2.45) is 17.8 Å². The molecule has 3 aliphatic rings. The van der Waals surface area contributed by atoms with E-state index in [-0.39, 0.29) is 12.1 Å². The molecule has 4 rings (SSSR count). The summed E-state index contributed by atoms with van der Waals surface area (Å²) in [6.07, 6.45) is 1.77. The van der Waals surface area contributed by atoms with Crippen LogP contribution in [0, 0.1) is 17.8 Å². The van der Waals surface area contributed by atoms with Crippen LogP contribution in [-0.4, -0.2) is 53.7 Å². The maximum Gasteiger partial charge on any atom is 0.410 e. The summed E-state index contributed by atoms with van der Waals surface area (Å²) in [5.41, 5.74) is 0.853. The van der Waals surface area contributed by atoms with Crippen LogP contribution in [0.25, 0.3) is 0 Å². The summed E-state index contributed by atoms with van der Waals surface area (Å²) >= 11 is 1.79. The number of nitrogens with one attached hydrogen (secondary N) is 1. The van der Waals surface area contributed by atoms with Crippen molar-refractivity contribution in [2.75, 3.05) is 26.2 Å². The van der Waals surface area contributed by atoms with Crippen molar-refractivity contribution < 1.29 is 14.3 Å². The van der Waals surface area contributed by atoms with Crippen molar-refractivity contribution in [3.05, 3.63) is 21.9 Å². The number of nitrogens with zero attached hydrogens (tertiary/aromatic N) is 2. The Morgan fingerprint density at radius 1 is 1.26 bits per heavy atom. The third-order valence-electron chi connectivity index (χ3n) is 5.87. The van der Waals surface area contributed by atoms with Crippen molar-refractivity contribution in [2.45, 2.75) is 45.8 Å². The average Bonchev–Trinajstić information content (AvgIpc) is 2.99. The Labute approximate surface area is 164 Å². The predicted molar refractivity (Wildman–Crippen MR) is 105 cm³/mol. The molecule has 6 nitrogen and oxygen atoms in total. The van der Waals surface area contributed by atoms with Gasteiger partial charge < -0.3 is 19.9 Å². The highest BCUT2D eigenvalue weighted by molar-refractivity contribution is 7.10. The molecule has 1 saturated heterocycles. The van der Waals surface area contributed by atoms with Crippen LogP contribution in [0.2, 0.25) is 0 Å². The molecule has 7 heteroatoms. The molecule has 0 bridgehead atoms. The van der Waals surface area contributed by atoms with Crippen molar-refractivity contribution in [1.82, 2.24) is 15.1 Å². The zero-order valence-electron chi connectivity index (χ0n) is 16.4. The van der Waals surface area contributed by atoms with Crippen LogP contribution in [0.1, 0.15) is 37.6 Å². The van der Waals surface area contributed by atoms with Gasteiger partial charge in [-0.3, -0.25) is 0 Å². The molecule has 27 heavy (non-hydrogen) atoms. The van der Waals surface area contributed by atoms with Crippen LogP contribution in [0.15, 0.2) is 11.4 Å². The SMILES string of the molecule is CC(C)(C)OC(=O)N1C[C@@H]2C(CCNC(=O)N3CCc4sccc4C3)[C@@H]2C1. The molecule has 1 aliphatic carbocycles. The van der Waals surface area contributed by atoms with Crippen molar-refractivity contribution in [3.8, 4) is 0 Å². The molecule has 3 heterocycles. The number of hydrogen-bond acceptors (Lipinski definition) is 4. The van der Waals surface area contributed by atoms with Crippen molar-refractivity contribution >= 4 is 23.5 Å². The predicted octanol–water partition coefficient (Wildman–Crippen LogP) is 3.32. The van der Waals surface area contributed by atoms with E-state index in [1.54, 1.807) is 11.3 Å². The van der Waals surface area contributed by atoms with Gasteiger partial charge in [-0.2, -0.15) is 0 Å². The fourth-order valence-corrected chi connectivity index (χ4v) is 5.32. The molecule has 1 N–H and O–H groups in total. The van der Waals surface area contributed by atoms with E-state index < -0.39 is 5.60 Å². The Morgan fingerprint density at radius 3 is 2.70 bits per heavy atom. The summed E-state index contributed by atoms with van der Waals surface area (Å²) in [5, 5.41) is 5.20. The topological polar surface area (TPSA) is 61.9 Å². The Bertz CT molecular complexity index is 714. The first-order valence-corrected chi connectivity index (χ1v) is 10.8. The molecule has 1 aromatic rings. The van der Waals surface area contributed by atoms with Crippen molar-refractivity contribution in [1.29, 1.82) is 0 Å². The molecule has 148 valence electrons. The normalized spacial score (nSPS) is 26.4. The Hall–Kier alpha value is -1.76. The lowest BCUT2D eigenvalue weighted by atomic mass is 10.1. The lowest BCUT2D eigenvalue weighted by Gasteiger charge is -2.27. The number of fused-ring (bicyclic) bond motifs is 2. The number of urea groups is 1. The second kappa shape index (κ2) is 7.00. The van der Waals surface area contributed by atoms with Gasteiger partial charge in [-0.05, 0) is 68.4 Å². The van der Waals surface area contributed by atoms with Gasteiger partial charge in [0.1, 0.15) is 5.60 Å². The van der Waals surface area contributed by atoms with Crippen LogP contribution in [-0.2, 0) is 17.7 Å². The number of likely N-dealkylation sites (tertiary alicyclic amines) is 1. The Morgan fingerprint density at radius 2 is 2.00 bits per heavy atom. The molecule has 3 atom stereocenters. The summed E-state index contributed by atoms with van der Waals surface area (Å²) in [6, 6.07) is 2.18. The van der Waals surface area contributed by atoms with E-state index in [9.17, 15) is 9.59 Å². The van der Waals surface area contributed by atoms with E-state index in [1.807, 2.05) is 30.6 Å². The first-order valence-electron chi connectivity index (χ1n) is 9.88. The minimum absolute atomic E-state index is 0.0491. The van der Waals surface area contributed by atoms with Crippen molar-refractivity contribution in [3.63, 3.8) is 0 Å². The molecule has 1 saturated carbocycles. The number of hydrogen-bond donors (Lipinski definition) is 1. The quantitative estimate of drug-likeness (QED) is 0.860. The molecule has 2 aliphatic heterocycles. The van der Waals surface area contributed by atoms with Gasteiger partial charge in [0.15, 0.2) is 0 Å². The largest absolute Gasteiger partial charge is 0.444 e. The first kappa shape index (κ1) is 18.6. The summed E-state index contributed by atoms with van der Waals surface area (Å²) in [6.45, 7) is 9.54. The number of carbonyl (C=O) groups is 2. The monoisotopic (exact) mass is 391 g/mol. The highest BCUT2D eigenvalue weighted by Gasteiger charge is 2.56. The molecule has 3 amide bonds. The second-order valence-corrected chi connectivity index (χ2v) is 9.94. The minimum Gasteiger partial charge on any atom is -0.444 e. The molecular formula is C20H29N3O3S. The summed E-state index contributed by atoms with van der Waals surface area (Å²) in [5.74, 6) is 1.80. The molecule has 0 aromatic carbocycles. The molecule has 1 aromatic heterocycles. The summed E-state index contributed by atoms with van der Waals surface area (Å²) in [4.78, 5) is 29.7. The standard InChI is InChI=1S/C20H29N3O3S/c1-20(2,3)26-19(25)23-11-15-14(16(15)12-23)4-7-21-18(24)22-8-5-17-13(10-22)6-9-27-17/h6,9,14-16H,4-5,7-8,10-12H2,1-3H3,(H,21,24)/t14?,15-,16+. The summed E-state index contributed by atoms with van der Waals surface area (Å²) in [7, 11) is 0. The van der Waals surface area contributed by atoms with Crippen LogP contribution < -0.4 is 5.32 Å². The van der Waals surface area contributed by atoms with E-state index in [0.29, 0.717) is 17.8 Å². The molecular weight excluding hydrogens is 362 g/mol. The highest BCUT2D eigenvalue weighted by atomic mass is 32.1. The van der Waals surface area contributed by atoms with Crippen LogP contribution in [0.4, 0.5) is 9.59 Å². The van der Waals surface area contributed by atoms with Gasteiger partial charge in [0, 0.05) is 37.6 Å². The Balaban J connectivity index is 1.15. The third kappa shape index (κ3) is 4.08. The number of rotatable bonds is 3. The van der Waals surface area contributed by atoms with Gasteiger partial charge in [0.05, 0.1) is 0 Å². The molecule has 1 unspecified atom stereocenters. The van der Waals surface area contributed by atoms with E-state index in [2.05, 4.69) is 16.8 Å². The number of thiophene rings is 1. The van der Waals surface area contributed by atoms with Gasteiger partial charge in [-0.25, -0.2) is 9.59 Å². The van der Waals surface area contributed by atoms with Crippen LogP contribution >= 0.6 is 11.3 Å². The molecule has 0 spiro atoms. The van der Waals surface area contributed by atoms with Crippen LogP contribution in [0.5, 0.6) is 0 Å². The van der Waals surface area contributed by atoms with E-state index in [0.717, 1.165) is 45.6 Å². The Kier molecular flexibility index (Phi) is 4.82. The number of ether oxygens (including phenoxy) is 1. The van der Waals surface area contributed by atoms with E-state index in [1.165, 1.54) is 10.4 Å². The number of piperidine rings is 1. The zero-order valence-corrected chi connectivity index (χ0v) is 17.2. The fourth-order valence-electron chi connectivity index (χ4n) is 4.43. The third-order valence-corrected chi connectivity index (χ3v) is 6.89. The summed E-state index contributed by atoms with van der Waals surface area (Å²) < 4.78 is 5.45. The zero-order chi connectivity index (χ0) is 19.2. The average molecular weight is 392 g/mol. The minimum atomic E-state index is -0.439. The second-order valence-electron chi connectivity index (χ2n) is 8.94. The maximum atomic E-state index is 12.4. The maximum absolute atomic E-state index is 12.4. The lowest BCUT2D eigenvalue weighted by Crippen LogP contribution is -2.43. The van der Waals surface area contributed by atoms with Crippen LogP contribution in [0.3, 0.4) is 0 Å². The van der Waals surface area contributed by atoms with Gasteiger partial charge in [-0.15, -0.1) is 11.3 Å². The number of carbonyl (C=O) groups excluding carboxylic acids is 2. The van der Waals surface area contributed by atoms with Gasteiger partial charge in [0.25, 0.3) is 0 Å². The van der Waals surface area contributed by atoms with E-state index >= 15 is 0 Å². The lowest BCUT2D eigenvalue weighted by molar-refractivity contribution is 0.0265. The van der Waals surface area contributed by atoms with Gasteiger partial charge in [-0.1, -0.05) is 0 Å². The smallest absolute Gasteiger partial charge is 0.410 e. The number of amides is 3. The molecule has 0 radical (unpaired) electrons.